The van der Waals surface area contributed by atoms with Crippen LogP contribution >= 0.6 is 0 Å². The molecule has 0 radical (unpaired) electrons. The van der Waals surface area contributed by atoms with Crippen LogP contribution in [0.1, 0.15) is 17.4 Å². The Kier molecular flexibility index (Phi) is 4.33. The first-order chi connectivity index (χ1) is 14.2. The molecule has 0 spiro atoms. The zero-order valence-electron chi connectivity index (χ0n) is 15.6. The number of benzene rings is 2. The van der Waals surface area contributed by atoms with Crippen LogP contribution in [0.15, 0.2) is 59.1 Å². The van der Waals surface area contributed by atoms with Crippen LogP contribution in [0.4, 0.5) is 4.39 Å². The first-order valence-electron chi connectivity index (χ1n) is 9.12. The third-order valence-corrected chi connectivity index (χ3v) is 4.87. The van der Waals surface area contributed by atoms with Crippen molar-refractivity contribution >= 4 is 0 Å². The summed E-state index contributed by atoms with van der Waals surface area (Å²) in [7, 11) is 1.60. The minimum atomic E-state index is -0.270. The molecule has 7 nitrogen and oxygen atoms in total. The van der Waals surface area contributed by atoms with E-state index in [-0.39, 0.29) is 11.9 Å². The van der Waals surface area contributed by atoms with E-state index in [4.69, 9.17) is 14.0 Å². The lowest BCUT2D eigenvalue weighted by molar-refractivity contribution is -0.00116. The topological polar surface area (TPSA) is 75.2 Å². The van der Waals surface area contributed by atoms with Gasteiger partial charge in [0.25, 0.3) is 5.89 Å². The molecule has 2 aromatic carbocycles. The van der Waals surface area contributed by atoms with Crippen LogP contribution in [-0.4, -0.2) is 27.0 Å². The molecular formula is C21H17FN4O3. The summed E-state index contributed by atoms with van der Waals surface area (Å²) in [6.45, 7) is 0.914. The van der Waals surface area contributed by atoms with Gasteiger partial charge in [0.15, 0.2) is 5.69 Å². The Morgan fingerprint density at radius 2 is 1.97 bits per heavy atom. The highest BCUT2D eigenvalue weighted by atomic mass is 19.1. The molecule has 0 bridgehead atoms. The summed E-state index contributed by atoms with van der Waals surface area (Å²) in [6.07, 6.45) is -0.192. The number of hydrogen-bond donors (Lipinski definition) is 0. The normalized spacial score (nSPS) is 15.9. The largest absolute Gasteiger partial charge is 0.496 e. The summed E-state index contributed by atoms with van der Waals surface area (Å²) in [5, 5.41) is 8.67. The average molecular weight is 392 g/mol. The van der Waals surface area contributed by atoms with Crippen molar-refractivity contribution in [2.24, 2.45) is 0 Å². The molecule has 2 aromatic heterocycles. The number of nitrogens with zero attached hydrogens (tertiary/aromatic N) is 4. The zero-order chi connectivity index (χ0) is 19.8. The fourth-order valence-corrected chi connectivity index (χ4v) is 3.38. The van der Waals surface area contributed by atoms with Crippen molar-refractivity contribution in [3.8, 4) is 28.7 Å². The van der Waals surface area contributed by atoms with E-state index in [1.807, 2.05) is 35.0 Å². The highest BCUT2D eigenvalue weighted by Crippen LogP contribution is 2.31. The van der Waals surface area contributed by atoms with E-state index < -0.39 is 0 Å². The van der Waals surface area contributed by atoms with Crippen LogP contribution < -0.4 is 4.74 Å². The van der Waals surface area contributed by atoms with Gasteiger partial charge in [0.05, 0.1) is 31.5 Å². The molecular weight excluding hydrogens is 375 g/mol. The molecule has 1 aliphatic rings. The third kappa shape index (κ3) is 3.27. The summed E-state index contributed by atoms with van der Waals surface area (Å²) in [6, 6.07) is 15.7. The maximum Gasteiger partial charge on any atom is 0.278 e. The molecule has 0 saturated heterocycles. The molecule has 0 saturated carbocycles. The minimum absolute atomic E-state index is 0.192. The quantitative estimate of drug-likeness (QED) is 0.522. The number of ether oxygens (including phenoxy) is 2. The highest BCUT2D eigenvalue weighted by molar-refractivity contribution is 5.65. The molecule has 146 valence electrons. The van der Waals surface area contributed by atoms with Crippen LogP contribution in [0.2, 0.25) is 0 Å². The van der Waals surface area contributed by atoms with Crippen molar-refractivity contribution in [3.05, 3.63) is 71.7 Å². The molecule has 29 heavy (non-hydrogen) atoms. The van der Waals surface area contributed by atoms with E-state index in [9.17, 15) is 4.39 Å². The molecule has 1 atom stereocenters. The average Bonchev–Trinajstić information content (AvgIpc) is 3.41. The number of methoxy groups -OCH3 is 1. The van der Waals surface area contributed by atoms with E-state index in [0.717, 1.165) is 16.8 Å². The number of para-hydroxylation sites is 1. The minimum Gasteiger partial charge on any atom is -0.496 e. The van der Waals surface area contributed by atoms with E-state index >= 15 is 0 Å². The lowest BCUT2D eigenvalue weighted by Crippen LogP contribution is -2.21. The SMILES string of the molecule is COc1ccccc1-c1noc(-c2cc3n(n2)C[C@H](c2ccc(F)cc2)OC3)n1. The zero-order valence-corrected chi connectivity index (χ0v) is 15.6. The van der Waals surface area contributed by atoms with Gasteiger partial charge >= 0.3 is 0 Å². The Labute approximate surface area is 165 Å². The monoisotopic (exact) mass is 392 g/mol. The number of hydrogen-bond acceptors (Lipinski definition) is 6. The number of fused-ring (bicyclic) bond motifs is 1. The van der Waals surface area contributed by atoms with Crippen molar-refractivity contribution in [2.45, 2.75) is 19.3 Å². The third-order valence-electron chi connectivity index (χ3n) is 4.87. The Bertz CT molecular complexity index is 1150. The predicted octanol–water partition coefficient (Wildman–Crippen LogP) is 4.02. The molecule has 3 heterocycles. The van der Waals surface area contributed by atoms with Crippen molar-refractivity contribution in [1.82, 2.24) is 19.9 Å². The number of rotatable bonds is 4. The predicted molar refractivity (Wildman–Crippen MR) is 101 cm³/mol. The van der Waals surface area contributed by atoms with E-state index in [1.54, 1.807) is 19.2 Å². The second kappa shape index (κ2) is 7.14. The summed E-state index contributed by atoms with van der Waals surface area (Å²) in [5.41, 5.74) is 3.14. The fourth-order valence-electron chi connectivity index (χ4n) is 3.38. The van der Waals surface area contributed by atoms with Gasteiger partial charge in [0.1, 0.15) is 17.7 Å². The van der Waals surface area contributed by atoms with Gasteiger partial charge in [-0.25, -0.2) is 4.39 Å². The van der Waals surface area contributed by atoms with Crippen LogP contribution in [0.5, 0.6) is 5.75 Å². The number of halogens is 1. The fraction of sp³-hybridized carbons (Fsp3) is 0.190. The van der Waals surface area contributed by atoms with E-state index in [0.29, 0.717) is 36.3 Å². The molecule has 0 aliphatic carbocycles. The lowest BCUT2D eigenvalue weighted by atomic mass is 10.1. The second-order valence-electron chi connectivity index (χ2n) is 6.68. The van der Waals surface area contributed by atoms with Gasteiger partial charge in [-0.2, -0.15) is 10.1 Å². The highest BCUT2D eigenvalue weighted by Gasteiger charge is 2.24. The van der Waals surface area contributed by atoms with Crippen molar-refractivity contribution in [3.63, 3.8) is 0 Å². The Morgan fingerprint density at radius 1 is 1.14 bits per heavy atom. The van der Waals surface area contributed by atoms with E-state index in [1.165, 1.54) is 12.1 Å². The van der Waals surface area contributed by atoms with Crippen LogP contribution in [0, 0.1) is 5.82 Å². The lowest BCUT2D eigenvalue weighted by Gasteiger charge is -2.24. The molecule has 1 aliphatic heterocycles. The van der Waals surface area contributed by atoms with Crippen molar-refractivity contribution in [1.29, 1.82) is 0 Å². The molecule has 5 rings (SSSR count). The van der Waals surface area contributed by atoms with Gasteiger partial charge in [-0.3, -0.25) is 4.68 Å². The Balaban J connectivity index is 1.41. The first kappa shape index (κ1) is 17.6. The molecule has 0 N–H and O–H groups in total. The van der Waals surface area contributed by atoms with Crippen LogP contribution in [-0.2, 0) is 17.9 Å². The van der Waals surface area contributed by atoms with Gasteiger partial charge in [0, 0.05) is 0 Å². The van der Waals surface area contributed by atoms with Gasteiger partial charge in [0.2, 0.25) is 5.82 Å². The molecule has 0 amide bonds. The van der Waals surface area contributed by atoms with Gasteiger partial charge < -0.3 is 14.0 Å². The summed E-state index contributed by atoms with van der Waals surface area (Å²) < 4.78 is 31.7. The Morgan fingerprint density at radius 3 is 2.79 bits per heavy atom. The molecule has 4 aromatic rings. The van der Waals surface area contributed by atoms with Crippen LogP contribution in [0.25, 0.3) is 23.0 Å². The molecule has 8 heteroatoms. The van der Waals surface area contributed by atoms with Gasteiger partial charge in [-0.1, -0.05) is 29.4 Å². The second-order valence-corrected chi connectivity index (χ2v) is 6.68. The van der Waals surface area contributed by atoms with Gasteiger partial charge in [-0.15, -0.1) is 0 Å². The summed E-state index contributed by atoms with van der Waals surface area (Å²) >= 11 is 0. The molecule has 0 unspecified atom stereocenters. The number of aromatic nitrogens is 4. The smallest absolute Gasteiger partial charge is 0.278 e. The maximum absolute atomic E-state index is 13.2. The maximum atomic E-state index is 13.2. The van der Waals surface area contributed by atoms with Crippen LogP contribution in [0.3, 0.4) is 0 Å². The van der Waals surface area contributed by atoms with Crippen molar-refractivity contribution < 1.29 is 18.4 Å². The molecule has 0 fully saturated rings. The Hall–Kier alpha value is -3.52. The van der Waals surface area contributed by atoms with Crippen molar-refractivity contribution in [2.75, 3.05) is 7.11 Å². The summed E-state index contributed by atoms with van der Waals surface area (Å²) in [4.78, 5) is 4.47. The standard InChI is InChI=1S/C21H17FN4O3/c1-27-18-5-3-2-4-16(18)20-23-21(29-25-20)17-10-15-12-28-19(11-26(15)24-17)13-6-8-14(22)9-7-13/h2-10,19H,11-12H2,1H3/t19-/m1/s1. The van der Waals surface area contributed by atoms with E-state index in [2.05, 4.69) is 15.2 Å². The van der Waals surface area contributed by atoms with Gasteiger partial charge in [-0.05, 0) is 35.9 Å². The summed E-state index contributed by atoms with van der Waals surface area (Å²) in [5.74, 6) is 1.16. The first-order valence-corrected chi connectivity index (χ1v) is 9.12.